The summed E-state index contributed by atoms with van der Waals surface area (Å²) in [5.74, 6) is -0.587. The lowest BCUT2D eigenvalue weighted by molar-refractivity contribution is -0.152. The molecule has 1 saturated heterocycles. The third-order valence-electron chi connectivity index (χ3n) is 5.49. The zero-order valence-electron chi connectivity index (χ0n) is 11.1. The van der Waals surface area contributed by atoms with E-state index in [2.05, 4.69) is 0 Å². The minimum absolute atomic E-state index is 0.142. The van der Waals surface area contributed by atoms with Crippen LogP contribution in [0.25, 0.3) is 0 Å². The summed E-state index contributed by atoms with van der Waals surface area (Å²) in [6, 6.07) is 0. The van der Waals surface area contributed by atoms with Crippen LogP contribution in [0, 0.1) is 5.41 Å². The highest BCUT2D eigenvalue weighted by Crippen LogP contribution is 2.49. The second kappa shape index (κ2) is 4.52. The van der Waals surface area contributed by atoms with Gasteiger partial charge in [-0.05, 0) is 44.9 Å². The van der Waals surface area contributed by atoms with Crippen molar-refractivity contribution in [1.29, 1.82) is 0 Å². The second-order valence-electron chi connectivity index (χ2n) is 6.67. The average molecular weight is 252 g/mol. The van der Waals surface area contributed by atoms with Crippen molar-refractivity contribution < 1.29 is 14.6 Å². The minimum atomic E-state index is -0.587. The van der Waals surface area contributed by atoms with Gasteiger partial charge in [0.25, 0.3) is 0 Å². The van der Waals surface area contributed by atoms with Crippen LogP contribution in [0.4, 0.5) is 0 Å². The molecule has 1 unspecified atom stereocenters. The number of hydrogen-bond donors (Lipinski definition) is 1. The molecule has 2 aliphatic carbocycles. The van der Waals surface area contributed by atoms with E-state index < -0.39 is 11.4 Å². The molecule has 1 atom stereocenters. The molecule has 18 heavy (non-hydrogen) atoms. The van der Waals surface area contributed by atoms with Crippen LogP contribution in [-0.4, -0.2) is 22.8 Å². The third kappa shape index (κ3) is 2.07. The van der Waals surface area contributed by atoms with Crippen molar-refractivity contribution in [3.63, 3.8) is 0 Å². The van der Waals surface area contributed by atoms with Crippen LogP contribution in [-0.2, 0) is 9.53 Å². The van der Waals surface area contributed by atoms with Gasteiger partial charge in [-0.1, -0.05) is 25.7 Å². The molecule has 0 radical (unpaired) electrons. The number of carboxylic acid groups (broad SMARTS) is 1. The monoisotopic (exact) mass is 252 g/mol. The highest BCUT2D eigenvalue weighted by atomic mass is 16.5. The van der Waals surface area contributed by atoms with Gasteiger partial charge in [0.15, 0.2) is 0 Å². The fourth-order valence-electron chi connectivity index (χ4n) is 4.42. The number of rotatable bonds is 3. The highest BCUT2D eigenvalue weighted by Gasteiger charge is 2.48. The number of carboxylic acids is 1. The lowest BCUT2D eigenvalue weighted by atomic mass is 9.80. The molecule has 1 heterocycles. The van der Waals surface area contributed by atoms with Gasteiger partial charge in [-0.15, -0.1) is 0 Å². The molecular formula is C15H24O3. The maximum absolute atomic E-state index is 11.6. The SMILES string of the molecule is O=C(O)C1(CC2CCC3(CCCC3)O2)CCCC1. The summed E-state index contributed by atoms with van der Waals surface area (Å²) in [4.78, 5) is 11.6. The van der Waals surface area contributed by atoms with Crippen molar-refractivity contribution in [1.82, 2.24) is 0 Å². The van der Waals surface area contributed by atoms with Crippen molar-refractivity contribution in [3.8, 4) is 0 Å². The summed E-state index contributed by atoms with van der Waals surface area (Å²) in [6.07, 6.45) is 12.0. The number of ether oxygens (including phenoxy) is 1. The summed E-state index contributed by atoms with van der Waals surface area (Å²) >= 11 is 0. The summed E-state index contributed by atoms with van der Waals surface area (Å²) in [7, 11) is 0. The molecule has 2 saturated carbocycles. The molecule has 1 aliphatic heterocycles. The second-order valence-corrected chi connectivity index (χ2v) is 6.67. The molecular weight excluding hydrogens is 228 g/mol. The van der Waals surface area contributed by atoms with E-state index in [0.29, 0.717) is 0 Å². The lowest BCUT2D eigenvalue weighted by Gasteiger charge is -2.29. The Bertz CT molecular complexity index is 325. The number of hydrogen-bond acceptors (Lipinski definition) is 2. The van der Waals surface area contributed by atoms with E-state index in [-0.39, 0.29) is 11.7 Å². The first-order valence-corrected chi connectivity index (χ1v) is 7.56. The van der Waals surface area contributed by atoms with E-state index in [1.807, 2.05) is 0 Å². The minimum Gasteiger partial charge on any atom is -0.481 e. The van der Waals surface area contributed by atoms with Gasteiger partial charge >= 0.3 is 5.97 Å². The standard InChI is InChI=1S/C15H24O3/c16-13(17)14(6-1-2-7-14)11-12-5-10-15(18-12)8-3-4-9-15/h12H,1-11H2,(H,16,17). The van der Waals surface area contributed by atoms with Gasteiger partial charge in [0.2, 0.25) is 0 Å². The Morgan fingerprint density at radius 3 is 2.28 bits per heavy atom. The Labute approximate surface area is 109 Å². The molecule has 3 fully saturated rings. The quantitative estimate of drug-likeness (QED) is 0.836. The average Bonchev–Trinajstić information content (AvgIpc) is 3.03. The van der Waals surface area contributed by atoms with Crippen molar-refractivity contribution in [2.45, 2.75) is 82.3 Å². The van der Waals surface area contributed by atoms with Gasteiger partial charge in [0.1, 0.15) is 0 Å². The van der Waals surface area contributed by atoms with Crippen molar-refractivity contribution in [3.05, 3.63) is 0 Å². The first kappa shape index (κ1) is 12.5. The van der Waals surface area contributed by atoms with E-state index in [9.17, 15) is 9.90 Å². The molecule has 0 aromatic carbocycles. The predicted octanol–water partition coefficient (Wildman–Crippen LogP) is 3.51. The topological polar surface area (TPSA) is 46.5 Å². The van der Waals surface area contributed by atoms with Gasteiger partial charge in [-0.2, -0.15) is 0 Å². The number of carbonyl (C=O) groups is 1. The van der Waals surface area contributed by atoms with Crippen LogP contribution >= 0.6 is 0 Å². The fraction of sp³-hybridized carbons (Fsp3) is 0.933. The fourth-order valence-corrected chi connectivity index (χ4v) is 4.42. The molecule has 0 aromatic heterocycles. The molecule has 1 N–H and O–H groups in total. The predicted molar refractivity (Wildman–Crippen MR) is 68.5 cm³/mol. The maximum Gasteiger partial charge on any atom is 0.309 e. The van der Waals surface area contributed by atoms with Crippen LogP contribution in [0.2, 0.25) is 0 Å². The molecule has 3 aliphatic rings. The molecule has 3 rings (SSSR count). The zero-order valence-corrected chi connectivity index (χ0v) is 11.1. The third-order valence-corrected chi connectivity index (χ3v) is 5.49. The maximum atomic E-state index is 11.6. The Hall–Kier alpha value is -0.570. The first-order valence-electron chi connectivity index (χ1n) is 7.56. The number of aliphatic carboxylic acids is 1. The lowest BCUT2D eigenvalue weighted by Crippen LogP contribution is -2.33. The van der Waals surface area contributed by atoms with E-state index in [1.165, 1.54) is 25.7 Å². The summed E-state index contributed by atoms with van der Waals surface area (Å²) in [5.41, 5.74) is -0.322. The van der Waals surface area contributed by atoms with Gasteiger partial charge in [-0.25, -0.2) is 0 Å². The molecule has 0 aromatic rings. The van der Waals surface area contributed by atoms with Crippen molar-refractivity contribution >= 4 is 5.97 Å². The summed E-state index contributed by atoms with van der Waals surface area (Å²) < 4.78 is 6.28. The first-order chi connectivity index (χ1) is 8.64. The van der Waals surface area contributed by atoms with Crippen molar-refractivity contribution in [2.75, 3.05) is 0 Å². The largest absolute Gasteiger partial charge is 0.481 e. The van der Waals surface area contributed by atoms with E-state index >= 15 is 0 Å². The summed E-state index contributed by atoms with van der Waals surface area (Å²) in [6.45, 7) is 0. The van der Waals surface area contributed by atoms with Crippen LogP contribution in [0.3, 0.4) is 0 Å². The Balaban J connectivity index is 1.64. The van der Waals surface area contributed by atoms with Crippen LogP contribution in [0.1, 0.15) is 70.6 Å². The van der Waals surface area contributed by atoms with Gasteiger partial charge in [-0.3, -0.25) is 4.79 Å². The Morgan fingerprint density at radius 2 is 1.67 bits per heavy atom. The molecule has 102 valence electrons. The molecule has 0 bridgehead atoms. The van der Waals surface area contributed by atoms with E-state index in [0.717, 1.165) is 44.9 Å². The molecule has 3 nitrogen and oxygen atoms in total. The normalized spacial score (nSPS) is 33.2. The van der Waals surface area contributed by atoms with Crippen molar-refractivity contribution in [2.24, 2.45) is 5.41 Å². The Morgan fingerprint density at radius 1 is 1.06 bits per heavy atom. The molecule has 0 amide bonds. The van der Waals surface area contributed by atoms with E-state index in [1.54, 1.807) is 0 Å². The highest BCUT2D eigenvalue weighted by molar-refractivity contribution is 5.75. The van der Waals surface area contributed by atoms with Crippen LogP contribution in [0.5, 0.6) is 0 Å². The Kier molecular flexibility index (Phi) is 3.13. The van der Waals surface area contributed by atoms with Gasteiger partial charge in [0, 0.05) is 0 Å². The van der Waals surface area contributed by atoms with Crippen LogP contribution < -0.4 is 0 Å². The van der Waals surface area contributed by atoms with Crippen LogP contribution in [0.15, 0.2) is 0 Å². The van der Waals surface area contributed by atoms with Gasteiger partial charge < -0.3 is 9.84 Å². The van der Waals surface area contributed by atoms with Gasteiger partial charge in [0.05, 0.1) is 17.1 Å². The summed E-state index contributed by atoms with van der Waals surface area (Å²) in [5, 5.41) is 9.53. The molecule has 1 spiro atoms. The zero-order chi connectivity index (χ0) is 12.6. The van der Waals surface area contributed by atoms with E-state index in [4.69, 9.17) is 4.74 Å². The molecule has 3 heteroatoms. The smallest absolute Gasteiger partial charge is 0.309 e.